The van der Waals surface area contributed by atoms with Gasteiger partial charge in [-0.15, -0.1) is 0 Å². The summed E-state index contributed by atoms with van der Waals surface area (Å²) in [6, 6.07) is 4.31. The highest BCUT2D eigenvalue weighted by Crippen LogP contribution is 2.18. The van der Waals surface area contributed by atoms with Crippen LogP contribution in [0.25, 0.3) is 5.65 Å². The average Bonchev–Trinajstić information content (AvgIpc) is 2.82. The molecule has 1 unspecified atom stereocenters. The topological polar surface area (TPSA) is 62.5 Å². The summed E-state index contributed by atoms with van der Waals surface area (Å²) >= 11 is 0. The fraction of sp³-hybridized carbons (Fsp3) is 0.462. The molecule has 1 atom stereocenters. The van der Waals surface area contributed by atoms with Crippen LogP contribution in [-0.4, -0.2) is 45.0 Å². The minimum Gasteiger partial charge on any atom is -0.365 e. The standard InChI is InChI=1S/C13H17N5O/c1-9-5-11-14-8-15-18(11)12(6-9)16-10-3-4-13(19)17(2)7-10/h5-6,8,10,16H,3-4,7H2,1-2H3. The Bertz CT molecular complexity index is 621. The molecule has 6 nitrogen and oxygen atoms in total. The predicted molar refractivity (Wildman–Crippen MR) is 72.0 cm³/mol. The number of piperidine rings is 1. The summed E-state index contributed by atoms with van der Waals surface area (Å²) in [6.45, 7) is 2.76. The molecule has 6 heteroatoms. The zero-order valence-electron chi connectivity index (χ0n) is 11.1. The number of aryl methyl sites for hydroxylation is 1. The van der Waals surface area contributed by atoms with Crippen LogP contribution in [0.15, 0.2) is 18.5 Å². The van der Waals surface area contributed by atoms with Crippen LogP contribution in [-0.2, 0) is 4.79 Å². The molecule has 2 aromatic heterocycles. The first-order chi connectivity index (χ1) is 9.13. The van der Waals surface area contributed by atoms with Crippen LogP contribution in [0.4, 0.5) is 5.82 Å². The summed E-state index contributed by atoms with van der Waals surface area (Å²) in [7, 11) is 1.84. The first kappa shape index (κ1) is 12.0. The van der Waals surface area contributed by atoms with Crippen LogP contribution in [0.3, 0.4) is 0 Å². The van der Waals surface area contributed by atoms with E-state index in [9.17, 15) is 4.79 Å². The number of fused-ring (bicyclic) bond motifs is 1. The fourth-order valence-electron chi connectivity index (χ4n) is 2.50. The second kappa shape index (κ2) is 4.53. The molecule has 3 heterocycles. The zero-order chi connectivity index (χ0) is 13.4. The zero-order valence-corrected chi connectivity index (χ0v) is 11.1. The van der Waals surface area contributed by atoms with Gasteiger partial charge in [-0.05, 0) is 31.0 Å². The Morgan fingerprint density at radius 3 is 3.05 bits per heavy atom. The average molecular weight is 259 g/mol. The van der Waals surface area contributed by atoms with Gasteiger partial charge < -0.3 is 10.2 Å². The summed E-state index contributed by atoms with van der Waals surface area (Å²) in [5.41, 5.74) is 1.98. The molecule has 1 N–H and O–H groups in total. The van der Waals surface area contributed by atoms with E-state index in [2.05, 4.69) is 21.5 Å². The van der Waals surface area contributed by atoms with Gasteiger partial charge in [-0.3, -0.25) is 4.79 Å². The Labute approximate surface area is 111 Å². The maximum absolute atomic E-state index is 11.5. The maximum atomic E-state index is 11.5. The van der Waals surface area contributed by atoms with Gasteiger partial charge in [0.25, 0.3) is 0 Å². The number of pyridine rings is 1. The lowest BCUT2D eigenvalue weighted by Crippen LogP contribution is -2.43. The molecule has 0 bridgehead atoms. The van der Waals surface area contributed by atoms with Gasteiger partial charge in [0.1, 0.15) is 12.1 Å². The van der Waals surface area contributed by atoms with Crippen molar-refractivity contribution < 1.29 is 4.79 Å². The molecule has 0 aliphatic carbocycles. The van der Waals surface area contributed by atoms with Crippen LogP contribution in [0.5, 0.6) is 0 Å². The first-order valence-electron chi connectivity index (χ1n) is 6.44. The second-order valence-corrected chi connectivity index (χ2v) is 5.10. The van der Waals surface area contributed by atoms with Crippen LogP contribution in [0.1, 0.15) is 18.4 Å². The lowest BCUT2D eigenvalue weighted by Gasteiger charge is -2.30. The molecule has 100 valence electrons. The van der Waals surface area contributed by atoms with Crippen molar-refractivity contribution in [1.29, 1.82) is 0 Å². The lowest BCUT2D eigenvalue weighted by molar-refractivity contribution is -0.132. The monoisotopic (exact) mass is 259 g/mol. The van der Waals surface area contributed by atoms with Gasteiger partial charge in [-0.25, -0.2) is 4.98 Å². The Balaban J connectivity index is 1.85. The SMILES string of the molecule is Cc1cc(NC2CCC(=O)N(C)C2)n2ncnc2c1. The summed E-state index contributed by atoms with van der Waals surface area (Å²) in [5.74, 6) is 1.15. The van der Waals surface area contributed by atoms with E-state index in [4.69, 9.17) is 0 Å². The molecule has 1 saturated heterocycles. The van der Waals surface area contributed by atoms with E-state index in [0.717, 1.165) is 30.0 Å². The summed E-state index contributed by atoms with van der Waals surface area (Å²) < 4.78 is 1.80. The number of carbonyl (C=O) groups excluding carboxylic acids is 1. The van der Waals surface area contributed by atoms with Crippen molar-refractivity contribution >= 4 is 17.4 Å². The van der Waals surface area contributed by atoms with Crippen LogP contribution in [0, 0.1) is 6.92 Å². The molecule has 19 heavy (non-hydrogen) atoms. The number of likely N-dealkylation sites (N-methyl/N-ethyl adjacent to an activating group) is 1. The Morgan fingerprint density at radius 1 is 1.42 bits per heavy atom. The number of rotatable bonds is 2. The molecule has 0 spiro atoms. The van der Waals surface area contributed by atoms with E-state index in [1.807, 2.05) is 20.0 Å². The van der Waals surface area contributed by atoms with Gasteiger partial charge in [0.15, 0.2) is 5.65 Å². The molecule has 2 aromatic rings. The Kier molecular flexibility index (Phi) is 2.85. The van der Waals surface area contributed by atoms with Crippen molar-refractivity contribution in [3.63, 3.8) is 0 Å². The minimum absolute atomic E-state index is 0.216. The molecule has 1 amide bonds. The van der Waals surface area contributed by atoms with Gasteiger partial charge in [0, 0.05) is 26.1 Å². The van der Waals surface area contributed by atoms with E-state index in [0.29, 0.717) is 6.42 Å². The molecule has 0 radical (unpaired) electrons. The van der Waals surface area contributed by atoms with E-state index in [1.165, 1.54) is 0 Å². The largest absolute Gasteiger partial charge is 0.365 e. The van der Waals surface area contributed by atoms with E-state index >= 15 is 0 Å². The summed E-state index contributed by atoms with van der Waals surface area (Å²) in [5, 5.41) is 7.69. The highest BCUT2D eigenvalue weighted by atomic mass is 16.2. The summed E-state index contributed by atoms with van der Waals surface area (Å²) in [6.07, 6.45) is 3.00. The number of hydrogen-bond acceptors (Lipinski definition) is 4. The van der Waals surface area contributed by atoms with Crippen molar-refractivity contribution in [2.24, 2.45) is 0 Å². The third-order valence-corrected chi connectivity index (χ3v) is 3.50. The van der Waals surface area contributed by atoms with Crippen LogP contribution < -0.4 is 5.32 Å². The van der Waals surface area contributed by atoms with Crippen molar-refractivity contribution in [2.45, 2.75) is 25.8 Å². The highest BCUT2D eigenvalue weighted by Gasteiger charge is 2.23. The third kappa shape index (κ3) is 2.25. The normalized spacial score (nSPS) is 20.0. The van der Waals surface area contributed by atoms with Gasteiger partial charge in [-0.1, -0.05) is 0 Å². The number of aromatic nitrogens is 3. The Morgan fingerprint density at radius 2 is 2.26 bits per heavy atom. The van der Waals surface area contributed by atoms with Gasteiger partial charge >= 0.3 is 0 Å². The second-order valence-electron chi connectivity index (χ2n) is 5.10. The number of anilines is 1. The van der Waals surface area contributed by atoms with Gasteiger partial charge in [-0.2, -0.15) is 9.61 Å². The predicted octanol–water partition coefficient (Wildman–Crippen LogP) is 1.07. The van der Waals surface area contributed by atoms with Gasteiger partial charge in [0.2, 0.25) is 5.91 Å². The number of nitrogens with zero attached hydrogens (tertiary/aromatic N) is 4. The quantitative estimate of drug-likeness (QED) is 0.876. The summed E-state index contributed by atoms with van der Waals surface area (Å²) in [4.78, 5) is 17.5. The molecule has 0 aromatic carbocycles. The van der Waals surface area contributed by atoms with Crippen molar-refractivity contribution in [3.05, 3.63) is 24.0 Å². The van der Waals surface area contributed by atoms with Crippen LogP contribution >= 0.6 is 0 Å². The molecular formula is C13H17N5O. The number of likely N-dealkylation sites (tertiary alicyclic amines) is 1. The fourth-order valence-corrected chi connectivity index (χ4v) is 2.50. The number of hydrogen-bond donors (Lipinski definition) is 1. The maximum Gasteiger partial charge on any atom is 0.222 e. The van der Waals surface area contributed by atoms with Crippen molar-refractivity contribution in [1.82, 2.24) is 19.5 Å². The van der Waals surface area contributed by atoms with E-state index in [-0.39, 0.29) is 11.9 Å². The first-order valence-corrected chi connectivity index (χ1v) is 6.44. The molecule has 3 rings (SSSR count). The molecule has 1 aliphatic heterocycles. The van der Waals surface area contributed by atoms with Crippen LogP contribution in [0.2, 0.25) is 0 Å². The molecule has 0 saturated carbocycles. The van der Waals surface area contributed by atoms with E-state index < -0.39 is 0 Å². The number of amides is 1. The Hall–Kier alpha value is -2.11. The molecular weight excluding hydrogens is 242 g/mol. The number of carbonyl (C=O) groups is 1. The third-order valence-electron chi connectivity index (χ3n) is 3.50. The van der Waals surface area contributed by atoms with Crippen molar-refractivity contribution in [2.75, 3.05) is 18.9 Å². The number of nitrogens with one attached hydrogen (secondary N) is 1. The molecule has 1 fully saturated rings. The highest BCUT2D eigenvalue weighted by molar-refractivity contribution is 5.77. The molecule has 1 aliphatic rings. The smallest absolute Gasteiger partial charge is 0.222 e. The van der Waals surface area contributed by atoms with E-state index in [1.54, 1.807) is 15.7 Å². The lowest BCUT2D eigenvalue weighted by atomic mass is 10.1. The van der Waals surface area contributed by atoms with Gasteiger partial charge in [0.05, 0.1) is 0 Å². The minimum atomic E-state index is 0.216. The van der Waals surface area contributed by atoms with Crippen molar-refractivity contribution in [3.8, 4) is 0 Å².